The van der Waals surface area contributed by atoms with Crippen LogP contribution in [-0.4, -0.2) is 79.1 Å². The normalized spacial score (nSPS) is 23.3. The number of carbonyl (C=O) groups excluding carboxylic acids is 1. The Morgan fingerprint density at radius 2 is 1.45 bits per heavy atom. The second kappa shape index (κ2) is 9.77. The van der Waals surface area contributed by atoms with Crippen LogP contribution in [0.1, 0.15) is 38.5 Å². The Labute approximate surface area is 182 Å². The van der Waals surface area contributed by atoms with Crippen LogP contribution in [0.25, 0.3) is 0 Å². The SMILES string of the molecule is CN1CCC(N2CCC(C(=O)N3CCC(Oc4c(F)cc(F)cc4F)CC3)CC2)CC1. The molecular formula is C23H32F3N3O2. The minimum Gasteiger partial charge on any atom is -0.484 e. The Morgan fingerprint density at radius 3 is 2.03 bits per heavy atom. The van der Waals surface area contributed by atoms with E-state index < -0.39 is 23.2 Å². The van der Waals surface area contributed by atoms with E-state index in [9.17, 15) is 18.0 Å². The van der Waals surface area contributed by atoms with Crippen molar-refractivity contribution in [3.05, 3.63) is 29.6 Å². The summed E-state index contributed by atoms with van der Waals surface area (Å²) in [7, 11) is 2.17. The lowest BCUT2D eigenvalue weighted by molar-refractivity contribution is -0.139. The molecule has 5 nitrogen and oxygen atoms in total. The second-order valence-corrected chi connectivity index (χ2v) is 9.19. The van der Waals surface area contributed by atoms with Crippen molar-refractivity contribution < 1.29 is 22.7 Å². The van der Waals surface area contributed by atoms with E-state index in [1.165, 1.54) is 12.8 Å². The van der Waals surface area contributed by atoms with Crippen LogP contribution in [0.4, 0.5) is 13.2 Å². The molecule has 0 atom stereocenters. The molecule has 1 aromatic carbocycles. The van der Waals surface area contributed by atoms with Crippen molar-refractivity contribution in [3.63, 3.8) is 0 Å². The lowest BCUT2D eigenvalue weighted by Crippen LogP contribution is -2.50. The summed E-state index contributed by atoms with van der Waals surface area (Å²) < 4.78 is 46.2. The van der Waals surface area contributed by atoms with E-state index in [1.807, 2.05) is 4.90 Å². The van der Waals surface area contributed by atoms with Crippen LogP contribution in [0.2, 0.25) is 0 Å². The molecule has 0 spiro atoms. The summed E-state index contributed by atoms with van der Waals surface area (Å²) in [5.41, 5.74) is 0. The first kappa shape index (κ1) is 22.4. The summed E-state index contributed by atoms with van der Waals surface area (Å²) in [6, 6.07) is 1.89. The number of halogens is 3. The van der Waals surface area contributed by atoms with Gasteiger partial charge in [0.15, 0.2) is 17.4 Å². The molecule has 0 radical (unpaired) electrons. The third-order valence-electron chi connectivity index (χ3n) is 7.08. The van der Waals surface area contributed by atoms with Crippen LogP contribution in [0, 0.1) is 23.4 Å². The fraction of sp³-hybridized carbons (Fsp3) is 0.696. The van der Waals surface area contributed by atoms with Gasteiger partial charge in [-0.25, -0.2) is 13.2 Å². The van der Waals surface area contributed by atoms with Crippen LogP contribution >= 0.6 is 0 Å². The molecule has 0 N–H and O–H groups in total. The third kappa shape index (κ3) is 5.34. The Bertz CT molecular complexity index is 746. The lowest BCUT2D eigenvalue weighted by atomic mass is 9.91. The van der Waals surface area contributed by atoms with Crippen LogP contribution < -0.4 is 4.74 Å². The highest BCUT2D eigenvalue weighted by Crippen LogP contribution is 2.29. The Morgan fingerprint density at radius 1 is 0.871 bits per heavy atom. The number of hydrogen-bond acceptors (Lipinski definition) is 4. The molecule has 0 aromatic heterocycles. The number of amides is 1. The monoisotopic (exact) mass is 439 g/mol. The van der Waals surface area contributed by atoms with E-state index in [-0.39, 0.29) is 17.9 Å². The molecule has 3 saturated heterocycles. The minimum absolute atomic E-state index is 0.0620. The molecular weight excluding hydrogens is 407 g/mol. The summed E-state index contributed by atoms with van der Waals surface area (Å²) in [6.07, 6.45) is 4.84. The first-order chi connectivity index (χ1) is 14.9. The van der Waals surface area contributed by atoms with Gasteiger partial charge in [-0.1, -0.05) is 0 Å². The Balaban J connectivity index is 1.23. The van der Waals surface area contributed by atoms with E-state index in [1.54, 1.807) is 0 Å². The summed E-state index contributed by atoms with van der Waals surface area (Å²) in [5, 5.41) is 0. The van der Waals surface area contributed by atoms with Gasteiger partial charge in [0, 0.05) is 50.0 Å². The quantitative estimate of drug-likeness (QED) is 0.722. The molecule has 0 bridgehead atoms. The average molecular weight is 440 g/mol. The van der Waals surface area contributed by atoms with Gasteiger partial charge in [-0.05, 0) is 58.9 Å². The third-order valence-corrected chi connectivity index (χ3v) is 7.08. The fourth-order valence-corrected chi connectivity index (χ4v) is 5.13. The number of benzene rings is 1. The second-order valence-electron chi connectivity index (χ2n) is 9.19. The zero-order valence-electron chi connectivity index (χ0n) is 18.2. The van der Waals surface area contributed by atoms with E-state index in [0.29, 0.717) is 44.1 Å². The largest absolute Gasteiger partial charge is 0.484 e. The van der Waals surface area contributed by atoms with E-state index >= 15 is 0 Å². The number of hydrogen-bond donors (Lipinski definition) is 0. The first-order valence-electron chi connectivity index (χ1n) is 11.4. The molecule has 0 unspecified atom stereocenters. The zero-order valence-corrected chi connectivity index (χ0v) is 18.2. The summed E-state index contributed by atoms with van der Waals surface area (Å²) in [5.74, 6) is -3.32. The van der Waals surface area contributed by atoms with Gasteiger partial charge in [0.25, 0.3) is 0 Å². The van der Waals surface area contributed by atoms with Gasteiger partial charge in [0.1, 0.15) is 11.9 Å². The van der Waals surface area contributed by atoms with E-state index in [0.717, 1.165) is 39.0 Å². The molecule has 3 aliphatic heterocycles. The van der Waals surface area contributed by atoms with Crippen molar-refractivity contribution >= 4 is 5.91 Å². The maximum Gasteiger partial charge on any atom is 0.225 e. The number of nitrogens with zero attached hydrogens (tertiary/aromatic N) is 3. The number of piperidine rings is 3. The highest BCUT2D eigenvalue weighted by Gasteiger charge is 2.34. The number of rotatable bonds is 4. The molecule has 1 amide bonds. The minimum atomic E-state index is -1.03. The maximum absolute atomic E-state index is 13.8. The maximum atomic E-state index is 13.8. The zero-order chi connectivity index (χ0) is 22.0. The molecule has 0 aliphatic carbocycles. The van der Waals surface area contributed by atoms with Gasteiger partial charge >= 0.3 is 0 Å². The van der Waals surface area contributed by atoms with Gasteiger partial charge in [0.2, 0.25) is 5.91 Å². The molecule has 3 fully saturated rings. The fourth-order valence-electron chi connectivity index (χ4n) is 5.13. The van der Waals surface area contributed by atoms with Gasteiger partial charge in [0.05, 0.1) is 0 Å². The van der Waals surface area contributed by atoms with Crippen LogP contribution in [0.3, 0.4) is 0 Å². The van der Waals surface area contributed by atoms with Crippen molar-refractivity contribution in [3.8, 4) is 5.75 Å². The topological polar surface area (TPSA) is 36.0 Å². The number of ether oxygens (including phenoxy) is 1. The van der Waals surface area contributed by atoms with Gasteiger partial charge < -0.3 is 19.4 Å². The molecule has 0 saturated carbocycles. The summed E-state index contributed by atoms with van der Waals surface area (Å²) in [6.45, 7) is 5.28. The van der Waals surface area contributed by atoms with Gasteiger partial charge in [-0.15, -0.1) is 0 Å². The van der Waals surface area contributed by atoms with E-state index in [4.69, 9.17) is 4.74 Å². The summed E-state index contributed by atoms with van der Waals surface area (Å²) >= 11 is 0. The molecule has 3 aliphatic rings. The number of carbonyl (C=O) groups is 1. The molecule has 3 heterocycles. The standard InChI is InChI=1S/C23H32F3N3O2/c1-27-8-4-18(5-9-27)28-10-2-16(3-11-28)23(30)29-12-6-19(7-13-29)31-22-20(25)14-17(24)15-21(22)26/h14-16,18-19H,2-13H2,1H3. The van der Waals surface area contributed by atoms with Crippen LogP contribution in [-0.2, 0) is 4.79 Å². The number of likely N-dealkylation sites (tertiary alicyclic amines) is 3. The molecule has 1 aromatic rings. The predicted octanol–water partition coefficient (Wildman–Crippen LogP) is 3.28. The van der Waals surface area contributed by atoms with Gasteiger partial charge in [-0.2, -0.15) is 0 Å². The van der Waals surface area contributed by atoms with Crippen molar-refractivity contribution in [2.75, 3.05) is 46.3 Å². The highest BCUT2D eigenvalue weighted by molar-refractivity contribution is 5.79. The Kier molecular flexibility index (Phi) is 7.06. The van der Waals surface area contributed by atoms with Crippen molar-refractivity contribution in [1.82, 2.24) is 14.7 Å². The van der Waals surface area contributed by atoms with Crippen LogP contribution in [0.15, 0.2) is 12.1 Å². The van der Waals surface area contributed by atoms with E-state index in [2.05, 4.69) is 16.8 Å². The molecule has 31 heavy (non-hydrogen) atoms. The summed E-state index contributed by atoms with van der Waals surface area (Å²) in [4.78, 5) is 19.8. The lowest BCUT2D eigenvalue weighted by Gasteiger charge is -2.42. The predicted molar refractivity (Wildman–Crippen MR) is 111 cm³/mol. The van der Waals surface area contributed by atoms with Crippen molar-refractivity contribution in [1.29, 1.82) is 0 Å². The average Bonchev–Trinajstić information content (AvgIpc) is 2.77. The van der Waals surface area contributed by atoms with Crippen molar-refractivity contribution in [2.24, 2.45) is 5.92 Å². The molecule has 4 rings (SSSR count). The van der Waals surface area contributed by atoms with Gasteiger partial charge in [-0.3, -0.25) is 4.79 Å². The highest BCUT2D eigenvalue weighted by atomic mass is 19.1. The molecule has 172 valence electrons. The smallest absolute Gasteiger partial charge is 0.225 e. The Hall–Kier alpha value is -1.80. The first-order valence-corrected chi connectivity index (χ1v) is 11.4. The molecule has 8 heteroatoms. The van der Waals surface area contributed by atoms with Crippen molar-refractivity contribution in [2.45, 2.75) is 50.7 Å². The van der Waals surface area contributed by atoms with Crippen LogP contribution in [0.5, 0.6) is 5.75 Å².